The fourth-order valence-corrected chi connectivity index (χ4v) is 19.4. The van der Waals surface area contributed by atoms with Crippen molar-refractivity contribution in [1.29, 1.82) is 0 Å². The fraction of sp³-hybridized carbons (Fsp3) is 0.237. The van der Waals surface area contributed by atoms with E-state index in [4.69, 9.17) is 9.47 Å². The van der Waals surface area contributed by atoms with Gasteiger partial charge in [0.2, 0.25) is 0 Å². The van der Waals surface area contributed by atoms with E-state index in [1.165, 1.54) is 50.0 Å². The molecule has 0 aliphatic carbocycles. The average molecular weight is 1610 g/mol. The van der Waals surface area contributed by atoms with Crippen LogP contribution in [-0.2, 0) is 37.9 Å². The van der Waals surface area contributed by atoms with Gasteiger partial charge in [0.25, 0.3) is 13.4 Å². The Labute approximate surface area is 738 Å². The molecule has 19 rings (SSSR count). The van der Waals surface area contributed by atoms with Crippen LogP contribution in [0.4, 0.5) is 34.1 Å². The second-order valence-corrected chi connectivity index (χ2v) is 42.6. The first-order valence-corrected chi connectivity index (χ1v) is 44.7. The molecule has 0 aromatic heterocycles. The highest BCUT2D eigenvalue weighted by Crippen LogP contribution is 2.57. The maximum atomic E-state index is 8.45. The Bertz CT molecular complexity index is 6530. The van der Waals surface area contributed by atoms with Crippen molar-refractivity contribution in [3.05, 3.63) is 348 Å². The van der Waals surface area contributed by atoms with E-state index in [1.54, 1.807) is 0 Å². The molecule has 0 bridgehead atoms. The van der Waals surface area contributed by atoms with Gasteiger partial charge in [0.15, 0.2) is 0 Å². The maximum absolute atomic E-state index is 8.45. The molecule has 4 nitrogen and oxygen atoms in total. The lowest BCUT2D eigenvalue weighted by Crippen LogP contribution is -2.65. The summed E-state index contributed by atoms with van der Waals surface area (Å²) in [5.74, 6) is 3.22. The predicted molar refractivity (Wildman–Crippen MR) is 533 cm³/mol. The summed E-state index contributed by atoms with van der Waals surface area (Å²) >= 11 is 0. The van der Waals surface area contributed by atoms with Crippen LogP contribution in [0.2, 0.25) is 0 Å². The Hall–Kier alpha value is -12.4. The highest BCUT2D eigenvalue weighted by Gasteiger charge is 2.52. The zero-order chi connectivity index (χ0) is 86.8. The Balaban J connectivity index is 0.998. The van der Waals surface area contributed by atoms with Gasteiger partial charge in [0, 0.05) is 62.1 Å². The number of nitrogens with zero attached hydrogens (tertiary/aromatic N) is 2. The van der Waals surface area contributed by atoms with E-state index >= 15 is 0 Å². The minimum atomic E-state index is -0.445. The van der Waals surface area contributed by atoms with Crippen LogP contribution in [0.3, 0.4) is 0 Å². The molecule has 15 aromatic carbocycles. The molecule has 0 N–H and O–H groups in total. The molecule has 4 aliphatic rings. The smallest absolute Gasteiger partial charge is 0.260 e. The van der Waals surface area contributed by atoms with Crippen LogP contribution in [0.25, 0.3) is 89.0 Å². The van der Waals surface area contributed by atoms with Gasteiger partial charge in [-0.25, -0.2) is 0 Å². The number of hydrogen-bond donors (Lipinski definition) is 0. The Morgan fingerprint density at radius 3 is 0.976 bits per heavy atom. The van der Waals surface area contributed by atoms with Gasteiger partial charge in [0.1, 0.15) is 23.0 Å². The molecule has 4 aliphatic heterocycles. The number of benzene rings is 15. The van der Waals surface area contributed by atoms with Crippen molar-refractivity contribution < 1.29 is 9.47 Å². The van der Waals surface area contributed by atoms with Crippen LogP contribution in [0, 0.1) is 0 Å². The van der Waals surface area contributed by atoms with Crippen molar-refractivity contribution in [3.63, 3.8) is 0 Å². The first-order valence-electron chi connectivity index (χ1n) is 44.7. The van der Waals surface area contributed by atoms with E-state index < -0.39 is 13.4 Å². The maximum Gasteiger partial charge on any atom is 0.260 e. The normalized spacial score (nSPS) is 13.6. The Kier molecular flexibility index (Phi) is 19.5. The van der Waals surface area contributed by atoms with Crippen molar-refractivity contribution >= 4 is 80.3 Å². The molecule has 0 saturated heterocycles. The van der Waals surface area contributed by atoms with Crippen LogP contribution in [0.5, 0.6) is 23.0 Å². The van der Waals surface area contributed by atoms with Crippen molar-refractivity contribution in [1.82, 2.24) is 0 Å². The van der Waals surface area contributed by atoms with E-state index in [-0.39, 0.29) is 37.9 Å². The topological polar surface area (TPSA) is 24.9 Å². The molecule has 0 radical (unpaired) electrons. The molecule has 124 heavy (non-hydrogen) atoms. The van der Waals surface area contributed by atoms with Gasteiger partial charge in [-0.2, -0.15) is 0 Å². The molecule has 4 heterocycles. The fourth-order valence-electron chi connectivity index (χ4n) is 19.4. The lowest BCUT2D eigenvalue weighted by Gasteiger charge is -2.48. The molecule has 0 atom stereocenters. The number of rotatable bonds is 10. The molecular formula is C118H114B2N2O2. The summed E-state index contributed by atoms with van der Waals surface area (Å²) in [6.07, 6.45) is 0. The minimum absolute atomic E-state index is 0.0676. The van der Waals surface area contributed by atoms with Gasteiger partial charge in [-0.3, -0.25) is 0 Å². The molecule has 0 unspecified atom stereocenters. The van der Waals surface area contributed by atoms with Crippen LogP contribution >= 0.6 is 0 Å². The molecule has 0 spiro atoms. The lowest BCUT2D eigenvalue weighted by atomic mass is 9.30. The van der Waals surface area contributed by atoms with Crippen molar-refractivity contribution in [2.45, 2.75) is 183 Å². The largest absolute Gasteiger partial charge is 0.459 e. The van der Waals surface area contributed by atoms with Gasteiger partial charge in [-0.15, -0.1) is 0 Å². The molecule has 0 amide bonds. The van der Waals surface area contributed by atoms with Gasteiger partial charge in [-0.1, -0.05) is 418 Å². The second kappa shape index (κ2) is 29.7. The molecule has 15 aromatic rings. The lowest BCUT2D eigenvalue weighted by molar-refractivity contribution is 0.468. The summed E-state index contributed by atoms with van der Waals surface area (Å²) < 4.78 is 16.8. The van der Waals surface area contributed by atoms with E-state index in [0.717, 1.165) is 168 Å². The van der Waals surface area contributed by atoms with Crippen molar-refractivity contribution in [2.24, 2.45) is 0 Å². The Morgan fingerprint density at radius 2 is 0.540 bits per heavy atom. The third-order valence-electron chi connectivity index (χ3n) is 26.6. The SMILES string of the molecule is CC(C)(C)c1ccc(-c2cccc(-c3ccc(C(C)(C)C)cc3)c2N2c3cc(-c4ccccc4)ccc3B3c4c2cc(C(C)(C)C)cc4N(c2c(-c4ccccc4)cccc2-c2ccccc2)c2cc4c5c(c23)Oc2ccc(-c3ccccc3)cc2B5c2cc(-c3cc(C(C)(C)C)cc(C(C)(C)C)c3)cc(-c3cc(C(C)(C)C)cc(C(C)(C)C)c3)c2O4)cc1. The highest BCUT2D eigenvalue weighted by molar-refractivity contribution is 7.03. The quantitative estimate of drug-likeness (QED) is 0.127. The number of anilines is 6. The van der Waals surface area contributed by atoms with E-state index in [9.17, 15) is 0 Å². The van der Waals surface area contributed by atoms with Crippen LogP contribution in [-0.4, -0.2) is 13.4 Å². The van der Waals surface area contributed by atoms with E-state index in [0.29, 0.717) is 0 Å². The summed E-state index contributed by atoms with van der Waals surface area (Å²) in [5.41, 5.74) is 38.7. The second-order valence-electron chi connectivity index (χ2n) is 42.6. The minimum Gasteiger partial charge on any atom is -0.459 e. The number of para-hydroxylation sites is 2. The zero-order valence-corrected chi connectivity index (χ0v) is 76.3. The molecule has 0 saturated carbocycles. The summed E-state index contributed by atoms with van der Waals surface area (Å²) in [7, 11) is 0. The first kappa shape index (κ1) is 81.3. The van der Waals surface area contributed by atoms with Crippen LogP contribution in [0.1, 0.15) is 184 Å². The zero-order valence-electron chi connectivity index (χ0n) is 76.3. The average Bonchev–Trinajstić information content (AvgIpc) is 0.673. The number of hydrogen-bond acceptors (Lipinski definition) is 4. The summed E-state index contributed by atoms with van der Waals surface area (Å²) in [6, 6.07) is 119. The molecule has 614 valence electrons. The van der Waals surface area contributed by atoms with Gasteiger partial charge >= 0.3 is 0 Å². The standard InChI is InChI=1S/C118H114B2N2O2/c1-112(2,3)84-54-48-77(49-55-84)93-46-35-47-94(78-50-56-85(57-51-78)113(4,5)6)108(93)121-99-67-80(74-38-28-23-29-39-74)52-58-96(99)120-105-100(121)70-90(118(19,20)21)71-101(105)122(109-91(75-40-30-24-31-41-75)44-34-45-92(109)76-42-32-25-33-43-76)102-72-104-107-111(106(102)120)123-103-59-53-79(73-36-26-22-27-37-73)65-97(103)119(107)98-66-82(81-60-86(114(7,8)9)68-87(61-81)115(10,11)12)64-95(110(98)124-104)83-62-88(116(13,14)15)69-89(63-83)117(16,17)18/h22-72H,1-21H3. The highest BCUT2D eigenvalue weighted by atomic mass is 16.5. The summed E-state index contributed by atoms with van der Waals surface area (Å²) in [4.78, 5) is 5.39. The number of ether oxygens (including phenoxy) is 2. The third kappa shape index (κ3) is 14.4. The monoisotopic (exact) mass is 1610 g/mol. The Morgan fingerprint density at radius 1 is 0.194 bits per heavy atom. The van der Waals surface area contributed by atoms with Crippen molar-refractivity contribution in [2.75, 3.05) is 9.80 Å². The summed E-state index contributed by atoms with van der Waals surface area (Å²) in [6.45, 7) is 48.5. The number of fused-ring (bicyclic) bond motifs is 9. The van der Waals surface area contributed by atoms with Gasteiger partial charge in [-0.05, 0) is 196 Å². The molecule has 6 heteroatoms. The van der Waals surface area contributed by atoms with Crippen LogP contribution < -0.4 is 52.1 Å². The predicted octanol–water partition coefficient (Wildman–Crippen LogP) is 28.9. The summed E-state index contributed by atoms with van der Waals surface area (Å²) in [5, 5.41) is 0. The molecule has 0 fully saturated rings. The van der Waals surface area contributed by atoms with E-state index in [2.05, 4.69) is 465 Å². The van der Waals surface area contributed by atoms with Gasteiger partial charge < -0.3 is 19.3 Å². The van der Waals surface area contributed by atoms with Crippen LogP contribution in [0.15, 0.2) is 309 Å². The van der Waals surface area contributed by atoms with E-state index in [1.807, 2.05) is 0 Å². The molecular weight excluding hydrogens is 1500 g/mol. The first-order chi connectivity index (χ1) is 58.9. The third-order valence-corrected chi connectivity index (χ3v) is 26.6. The van der Waals surface area contributed by atoms with Crippen molar-refractivity contribution in [3.8, 4) is 112 Å². The van der Waals surface area contributed by atoms with Gasteiger partial charge in [0.05, 0.1) is 11.4 Å².